The molecule has 0 saturated carbocycles. The van der Waals surface area contributed by atoms with Gasteiger partial charge in [0.25, 0.3) is 0 Å². The number of alkyl halides is 1. The van der Waals surface area contributed by atoms with Crippen molar-refractivity contribution in [2.75, 3.05) is 12.0 Å². The van der Waals surface area contributed by atoms with Crippen LogP contribution in [0.15, 0.2) is 12.3 Å². The predicted molar refractivity (Wildman–Crippen MR) is 75.5 cm³/mol. The Labute approximate surface area is 114 Å². The first-order valence-corrected chi connectivity index (χ1v) is 7.99. The van der Waals surface area contributed by atoms with Gasteiger partial charge in [-0.15, -0.1) is 11.6 Å². The number of fused-ring (bicyclic) bond motifs is 1. The fraction of sp³-hybridized carbons (Fsp3) is 0.500. The summed E-state index contributed by atoms with van der Waals surface area (Å²) in [5.74, 6) is 1.69. The molecule has 0 amide bonds. The van der Waals surface area contributed by atoms with Gasteiger partial charge in [-0.25, -0.2) is 9.97 Å². The molecule has 0 aliphatic heterocycles. The van der Waals surface area contributed by atoms with Crippen LogP contribution in [0.5, 0.6) is 0 Å². The Morgan fingerprint density at radius 3 is 2.89 bits per heavy atom. The number of imidazole rings is 1. The fourth-order valence-electron chi connectivity index (χ4n) is 2.13. The Morgan fingerprint density at radius 2 is 2.28 bits per heavy atom. The SMILES string of the molecule is Cc1ccnc2c1nc(CCl)n2C(C)CS(C)=O. The maximum Gasteiger partial charge on any atom is 0.160 e. The van der Waals surface area contributed by atoms with E-state index in [0.29, 0.717) is 11.6 Å². The van der Waals surface area contributed by atoms with Crippen LogP contribution >= 0.6 is 11.6 Å². The zero-order chi connectivity index (χ0) is 13.3. The molecule has 2 heterocycles. The number of rotatable bonds is 4. The Kier molecular flexibility index (Phi) is 4.02. The van der Waals surface area contributed by atoms with Crippen molar-refractivity contribution in [2.24, 2.45) is 0 Å². The molecule has 18 heavy (non-hydrogen) atoms. The van der Waals surface area contributed by atoms with Crippen LogP contribution < -0.4 is 0 Å². The molecule has 98 valence electrons. The molecule has 2 atom stereocenters. The van der Waals surface area contributed by atoms with Crippen LogP contribution in [0.25, 0.3) is 11.2 Å². The summed E-state index contributed by atoms with van der Waals surface area (Å²) in [5, 5.41) is 0. The molecule has 6 heteroatoms. The maximum atomic E-state index is 11.4. The standard InChI is InChI=1S/C12H16ClN3OS/c1-8-4-5-14-12-11(8)15-10(6-13)16(12)9(2)7-18(3)17/h4-5,9H,6-7H2,1-3H3. The summed E-state index contributed by atoms with van der Waals surface area (Å²) in [7, 11) is -0.858. The van der Waals surface area contributed by atoms with Crippen LogP contribution in [0.3, 0.4) is 0 Å². The van der Waals surface area contributed by atoms with Crippen LogP contribution in [0, 0.1) is 6.92 Å². The van der Waals surface area contributed by atoms with Crippen molar-refractivity contribution in [3.8, 4) is 0 Å². The predicted octanol–water partition coefficient (Wildman–Crippen LogP) is 2.42. The zero-order valence-electron chi connectivity index (χ0n) is 10.7. The van der Waals surface area contributed by atoms with E-state index in [-0.39, 0.29) is 6.04 Å². The van der Waals surface area contributed by atoms with Crippen LogP contribution in [-0.2, 0) is 16.7 Å². The van der Waals surface area contributed by atoms with E-state index in [2.05, 4.69) is 9.97 Å². The number of halogens is 1. The first-order valence-electron chi connectivity index (χ1n) is 5.73. The van der Waals surface area contributed by atoms with Gasteiger partial charge in [-0.2, -0.15) is 0 Å². The van der Waals surface area contributed by atoms with Gasteiger partial charge < -0.3 is 4.57 Å². The van der Waals surface area contributed by atoms with Crippen molar-refractivity contribution in [1.29, 1.82) is 0 Å². The minimum atomic E-state index is -0.858. The zero-order valence-corrected chi connectivity index (χ0v) is 12.3. The number of pyridine rings is 1. The minimum absolute atomic E-state index is 0.0730. The number of hydrogen-bond acceptors (Lipinski definition) is 3. The van der Waals surface area contributed by atoms with E-state index in [9.17, 15) is 4.21 Å². The molecule has 0 N–H and O–H groups in total. The molecular formula is C12H16ClN3OS. The molecule has 0 aliphatic carbocycles. The molecule has 0 aromatic carbocycles. The van der Waals surface area contributed by atoms with Gasteiger partial charge in [0.1, 0.15) is 11.3 Å². The van der Waals surface area contributed by atoms with Crippen molar-refractivity contribution in [1.82, 2.24) is 14.5 Å². The second kappa shape index (κ2) is 5.36. The lowest BCUT2D eigenvalue weighted by molar-refractivity contribution is 0.590. The molecule has 2 rings (SSSR count). The maximum absolute atomic E-state index is 11.4. The van der Waals surface area contributed by atoms with Crippen LogP contribution in [0.1, 0.15) is 24.4 Å². The number of nitrogens with zero attached hydrogens (tertiary/aromatic N) is 3. The van der Waals surface area contributed by atoms with Crippen LogP contribution in [-0.4, -0.2) is 30.8 Å². The molecule has 0 saturated heterocycles. The van der Waals surface area contributed by atoms with Gasteiger partial charge in [0, 0.05) is 35.0 Å². The van der Waals surface area contributed by atoms with E-state index in [1.807, 2.05) is 24.5 Å². The molecule has 0 fully saturated rings. The average Bonchev–Trinajstić information content (AvgIpc) is 2.68. The molecule has 2 aromatic rings. The Hall–Kier alpha value is -0.940. The molecule has 0 bridgehead atoms. The van der Waals surface area contributed by atoms with Gasteiger partial charge in [-0.3, -0.25) is 4.21 Å². The fourth-order valence-corrected chi connectivity index (χ4v) is 3.14. The molecule has 0 radical (unpaired) electrons. The van der Waals surface area contributed by atoms with E-state index in [1.54, 1.807) is 12.5 Å². The van der Waals surface area contributed by atoms with Gasteiger partial charge >= 0.3 is 0 Å². The smallest absolute Gasteiger partial charge is 0.160 e. The topological polar surface area (TPSA) is 47.8 Å². The molecule has 0 spiro atoms. The van der Waals surface area contributed by atoms with E-state index in [0.717, 1.165) is 22.6 Å². The van der Waals surface area contributed by atoms with Crippen molar-refractivity contribution in [2.45, 2.75) is 25.8 Å². The van der Waals surface area contributed by atoms with Gasteiger partial charge in [0.05, 0.1) is 5.88 Å². The highest BCUT2D eigenvalue weighted by atomic mass is 35.5. The third-order valence-electron chi connectivity index (χ3n) is 2.89. The molecule has 2 unspecified atom stereocenters. The third kappa shape index (κ3) is 2.42. The Morgan fingerprint density at radius 1 is 1.56 bits per heavy atom. The van der Waals surface area contributed by atoms with Gasteiger partial charge in [-0.1, -0.05) is 0 Å². The van der Waals surface area contributed by atoms with Gasteiger partial charge in [0.2, 0.25) is 0 Å². The number of hydrogen-bond donors (Lipinski definition) is 0. The van der Waals surface area contributed by atoms with Gasteiger partial charge in [0.15, 0.2) is 5.65 Å². The Bertz CT molecular complexity index is 596. The molecule has 4 nitrogen and oxygen atoms in total. The summed E-state index contributed by atoms with van der Waals surface area (Å²) >= 11 is 5.95. The minimum Gasteiger partial charge on any atom is -0.308 e. The first kappa shape index (κ1) is 13.5. The van der Waals surface area contributed by atoms with Crippen LogP contribution in [0.4, 0.5) is 0 Å². The number of aromatic nitrogens is 3. The normalized spacial score (nSPS) is 14.9. The highest BCUT2D eigenvalue weighted by Gasteiger charge is 2.18. The molecule has 2 aromatic heterocycles. The quantitative estimate of drug-likeness (QED) is 0.811. The second-order valence-corrected chi connectivity index (χ2v) is 6.17. The molecule has 0 aliphatic rings. The summed E-state index contributed by atoms with van der Waals surface area (Å²) in [6, 6.07) is 2.00. The monoisotopic (exact) mass is 285 g/mol. The van der Waals surface area contributed by atoms with Crippen molar-refractivity contribution in [3.63, 3.8) is 0 Å². The average molecular weight is 286 g/mol. The van der Waals surface area contributed by atoms with E-state index in [1.165, 1.54) is 0 Å². The summed E-state index contributed by atoms with van der Waals surface area (Å²) in [6.45, 7) is 4.02. The lowest BCUT2D eigenvalue weighted by atomic mass is 10.2. The Balaban J connectivity index is 2.60. The summed E-state index contributed by atoms with van der Waals surface area (Å²) < 4.78 is 13.4. The van der Waals surface area contributed by atoms with E-state index >= 15 is 0 Å². The largest absolute Gasteiger partial charge is 0.308 e. The van der Waals surface area contributed by atoms with E-state index < -0.39 is 10.8 Å². The lowest BCUT2D eigenvalue weighted by Crippen LogP contribution is -2.15. The summed E-state index contributed by atoms with van der Waals surface area (Å²) in [5.41, 5.74) is 2.78. The second-order valence-electron chi connectivity index (χ2n) is 4.42. The van der Waals surface area contributed by atoms with E-state index in [4.69, 9.17) is 11.6 Å². The van der Waals surface area contributed by atoms with Crippen molar-refractivity contribution < 1.29 is 4.21 Å². The van der Waals surface area contributed by atoms with Crippen molar-refractivity contribution >= 4 is 33.6 Å². The van der Waals surface area contributed by atoms with Gasteiger partial charge in [-0.05, 0) is 25.5 Å². The molecular weight excluding hydrogens is 270 g/mol. The first-order chi connectivity index (χ1) is 8.54. The highest BCUT2D eigenvalue weighted by molar-refractivity contribution is 7.84. The van der Waals surface area contributed by atoms with Crippen LogP contribution in [0.2, 0.25) is 0 Å². The summed E-state index contributed by atoms with van der Waals surface area (Å²) in [6.07, 6.45) is 3.47. The summed E-state index contributed by atoms with van der Waals surface area (Å²) in [4.78, 5) is 8.91. The number of aryl methyl sites for hydroxylation is 1. The van der Waals surface area contributed by atoms with Crippen molar-refractivity contribution in [3.05, 3.63) is 23.7 Å². The highest BCUT2D eigenvalue weighted by Crippen LogP contribution is 2.23. The third-order valence-corrected chi connectivity index (χ3v) is 4.08. The lowest BCUT2D eigenvalue weighted by Gasteiger charge is -2.14.